The van der Waals surface area contributed by atoms with Gasteiger partial charge in [-0.3, -0.25) is 4.79 Å². The summed E-state index contributed by atoms with van der Waals surface area (Å²) in [7, 11) is 0. The van der Waals surface area contributed by atoms with Crippen LogP contribution in [0.15, 0.2) is 23.1 Å². The molecule has 1 heterocycles. The molecule has 0 saturated carbocycles. The van der Waals surface area contributed by atoms with Gasteiger partial charge in [0.1, 0.15) is 0 Å². The number of quaternary nitrogens is 1. The lowest BCUT2D eigenvalue weighted by atomic mass is 10.3. The van der Waals surface area contributed by atoms with Crippen LogP contribution in [-0.2, 0) is 4.79 Å². The Morgan fingerprint density at radius 3 is 3.00 bits per heavy atom. The van der Waals surface area contributed by atoms with Gasteiger partial charge in [-0.15, -0.1) is 11.8 Å². The predicted octanol–water partition coefficient (Wildman–Crippen LogP) is 1.10. The standard InChI is InChI=1S/C12H14Cl2N2OS/c13-9-1-2-10(14)11(7-9)18-6-5-16-4-3-15-12(17)8-16/h1-2,7H,3-6,8H2,(H,15,17)/p+1. The summed E-state index contributed by atoms with van der Waals surface area (Å²) in [6.45, 7) is 3.30. The molecule has 0 bridgehead atoms. The molecule has 0 aliphatic carbocycles. The van der Waals surface area contributed by atoms with E-state index in [-0.39, 0.29) is 5.91 Å². The second kappa shape index (κ2) is 6.66. The number of nitrogens with one attached hydrogen (secondary N) is 2. The SMILES string of the molecule is O=C1C[NH+](CCSc2cc(Cl)ccc2Cl)CCN1. The number of benzene rings is 1. The molecule has 2 rings (SSSR count). The summed E-state index contributed by atoms with van der Waals surface area (Å²) < 4.78 is 0. The maximum absolute atomic E-state index is 11.2. The van der Waals surface area contributed by atoms with Crippen molar-refractivity contribution in [1.29, 1.82) is 0 Å². The number of hydrogen-bond donors (Lipinski definition) is 2. The Hall–Kier alpha value is -0.420. The first-order valence-corrected chi connectivity index (χ1v) is 7.57. The zero-order valence-corrected chi connectivity index (χ0v) is 12.2. The Labute approximate surface area is 121 Å². The molecule has 3 nitrogen and oxygen atoms in total. The quantitative estimate of drug-likeness (QED) is 0.817. The van der Waals surface area contributed by atoms with Crippen molar-refractivity contribution < 1.29 is 9.69 Å². The summed E-state index contributed by atoms with van der Waals surface area (Å²) in [6, 6.07) is 5.48. The number of carbonyl (C=O) groups is 1. The Morgan fingerprint density at radius 1 is 1.39 bits per heavy atom. The normalized spacial score (nSPS) is 19.7. The van der Waals surface area contributed by atoms with E-state index in [1.54, 1.807) is 17.8 Å². The molecule has 1 fully saturated rings. The average molecular weight is 306 g/mol. The molecule has 0 radical (unpaired) electrons. The molecule has 1 unspecified atom stereocenters. The molecular formula is C12H15Cl2N2OS+. The van der Waals surface area contributed by atoms with E-state index in [1.165, 1.54) is 4.90 Å². The highest BCUT2D eigenvalue weighted by Gasteiger charge is 2.18. The van der Waals surface area contributed by atoms with E-state index < -0.39 is 0 Å². The molecule has 1 aliphatic rings. The second-order valence-electron chi connectivity index (χ2n) is 4.20. The Bertz CT molecular complexity index is 442. The smallest absolute Gasteiger partial charge is 0.275 e. The number of hydrogen-bond acceptors (Lipinski definition) is 2. The zero-order valence-electron chi connectivity index (χ0n) is 9.84. The van der Waals surface area contributed by atoms with Gasteiger partial charge in [0, 0.05) is 15.7 Å². The number of thioether (sulfide) groups is 1. The Balaban J connectivity index is 1.81. The minimum Gasteiger partial charge on any atom is -0.346 e. The van der Waals surface area contributed by atoms with E-state index in [9.17, 15) is 4.79 Å². The van der Waals surface area contributed by atoms with Crippen LogP contribution in [0.2, 0.25) is 10.0 Å². The van der Waals surface area contributed by atoms with Gasteiger partial charge >= 0.3 is 0 Å². The fourth-order valence-corrected chi connectivity index (χ4v) is 3.41. The lowest BCUT2D eigenvalue weighted by molar-refractivity contribution is -0.890. The van der Waals surface area contributed by atoms with Crippen molar-refractivity contribution in [3.05, 3.63) is 28.2 Å². The number of rotatable bonds is 4. The van der Waals surface area contributed by atoms with Crippen LogP contribution in [0, 0.1) is 0 Å². The molecule has 0 spiro atoms. The summed E-state index contributed by atoms with van der Waals surface area (Å²) in [5, 5.41) is 4.26. The van der Waals surface area contributed by atoms with Crippen molar-refractivity contribution in [2.24, 2.45) is 0 Å². The van der Waals surface area contributed by atoms with Crippen molar-refractivity contribution in [2.45, 2.75) is 4.90 Å². The fraction of sp³-hybridized carbons (Fsp3) is 0.417. The highest BCUT2D eigenvalue weighted by molar-refractivity contribution is 7.99. The third-order valence-corrected chi connectivity index (χ3v) is 4.55. The summed E-state index contributed by atoms with van der Waals surface area (Å²) in [4.78, 5) is 13.6. The third kappa shape index (κ3) is 4.05. The fourth-order valence-electron chi connectivity index (χ4n) is 1.86. The molecule has 6 heteroatoms. The number of amides is 1. The van der Waals surface area contributed by atoms with E-state index >= 15 is 0 Å². The minimum absolute atomic E-state index is 0.141. The molecule has 1 aromatic carbocycles. The molecule has 1 amide bonds. The molecule has 18 heavy (non-hydrogen) atoms. The monoisotopic (exact) mass is 305 g/mol. The molecule has 98 valence electrons. The van der Waals surface area contributed by atoms with Gasteiger partial charge in [0.25, 0.3) is 5.91 Å². The van der Waals surface area contributed by atoms with Crippen LogP contribution in [-0.4, -0.2) is 37.8 Å². The van der Waals surface area contributed by atoms with Crippen LogP contribution >= 0.6 is 35.0 Å². The lowest BCUT2D eigenvalue weighted by Crippen LogP contribution is -3.15. The average Bonchev–Trinajstić information content (AvgIpc) is 2.34. The van der Waals surface area contributed by atoms with Crippen LogP contribution in [0.1, 0.15) is 0 Å². The van der Waals surface area contributed by atoms with Crippen LogP contribution in [0.3, 0.4) is 0 Å². The Morgan fingerprint density at radius 2 is 2.22 bits per heavy atom. The predicted molar refractivity (Wildman–Crippen MR) is 75.8 cm³/mol. The van der Waals surface area contributed by atoms with Gasteiger partial charge in [-0.05, 0) is 18.2 Å². The molecule has 2 N–H and O–H groups in total. The third-order valence-electron chi connectivity index (χ3n) is 2.82. The molecular weight excluding hydrogens is 291 g/mol. The van der Waals surface area contributed by atoms with E-state index in [1.807, 2.05) is 12.1 Å². The van der Waals surface area contributed by atoms with Crippen molar-refractivity contribution in [3.63, 3.8) is 0 Å². The maximum atomic E-state index is 11.2. The van der Waals surface area contributed by atoms with E-state index in [0.29, 0.717) is 11.6 Å². The van der Waals surface area contributed by atoms with Crippen LogP contribution < -0.4 is 10.2 Å². The van der Waals surface area contributed by atoms with Gasteiger partial charge in [-0.2, -0.15) is 0 Å². The van der Waals surface area contributed by atoms with E-state index in [2.05, 4.69) is 5.32 Å². The molecule has 1 atom stereocenters. The van der Waals surface area contributed by atoms with Crippen LogP contribution in [0.5, 0.6) is 0 Å². The molecule has 0 aromatic heterocycles. The van der Waals surface area contributed by atoms with Crippen LogP contribution in [0.4, 0.5) is 0 Å². The maximum Gasteiger partial charge on any atom is 0.275 e. The van der Waals surface area contributed by atoms with Gasteiger partial charge in [0.05, 0.1) is 24.7 Å². The Kier molecular flexibility index (Phi) is 5.18. The lowest BCUT2D eigenvalue weighted by Gasteiger charge is -2.23. The van der Waals surface area contributed by atoms with Gasteiger partial charge < -0.3 is 10.2 Å². The van der Waals surface area contributed by atoms with E-state index in [0.717, 1.165) is 35.3 Å². The number of halogens is 2. The summed E-state index contributed by atoms with van der Waals surface area (Å²) in [5.41, 5.74) is 0. The zero-order chi connectivity index (χ0) is 13.0. The van der Waals surface area contributed by atoms with Crippen molar-refractivity contribution in [1.82, 2.24) is 5.32 Å². The number of piperazine rings is 1. The topological polar surface area (TPSA) is 33.5 Å². The highest BCUT2D eigenvalue weighted by atomic mass is 35.5. The highest BCUT2D eigenvalue weighted by Crippen LogP contribution is 2.29. The number of carbonyl (C=O) groups excluding carboxylic acids is 1. The first-order chi connectivity index (χ1) is 8.65. The van der Waals surface area contributed by atoms with E-state index in [4.69, 9.17) is 23.2 Å². The second-order valence-corrected chi connectivity index (χ2v) is 6.18. The molecule has 1 aromatic rings. The summed E-state index contributed by atoms with van der Waals surface area (Å²) in [5.74, 6) is 1.07. The minimum atomic E-state index is 0.141. The summed E-state index contributed by atoms with van der Waals surface area (Å²) >= 11 is 13.7. The van der Waals surface area contributed by atoms with Crippen LogP contribution in [0.25, 0.3) is 0 Å². The van der Waals surface area contributed by atoms with Gasteiger partial charge in [-0.25, -0.2) is 0 Å². The molecule has 1 saturated heterocycles. The van der Waals surface area contributed by atoms with Crippen molar-refractivity contribution in [3.8, 4) is 0 Å². The summed E-state index contributed by atoms with van der Waals surface area (Å²) in [6.07, 6.45) is 0. The van der Waals surface area contributed by atoms with Gasteiger partial charge in [0.2, 0.25) is 0 Å². The van der Waals surface area contributed by atoms with Crippen molar-refractivity contribution in [2.75, 3.05) is 31.9 Å². The largest absolute Gasteiger partial charge is 0.346 e. The van der Waals surface area contributed by atoms with Crippen molar-refractivity contribution >= 4 is 40.9 Å². The van der Waals surface area contributed by atoms with Gasteiger partial charge in [0.15, 0.2) is 6.54 Å². The van der Waals surface area contributed by atoms with Gasteiger partial charge in [-0.1, -0.05) is 23.2 Å². The molecule has 1 aliphatic heterocycles. The first-order valence-electron chi connectivity index (χ1n) is 5.83. The first kappa shape index (κ1) is 14.0.